The smallest absolute Gasteiger partial charge is 0.252 e. The van der Waals surface area contributed by atoms with Gasteiger partial charge in [-0.05, 0) is 24.3 Å². The Hall–Kier alpha value is -0.800. The van der Waals surface area contributed by atoms with Gasteiger partial charge in [-0.3, -0.25) is 4.79 Å². The van der Waals surface area contributed by atoms with Crippen LogP contribution in [0.1, 0.15) is 43.0 Å². The van der Waals surface area contributed by atoms with Crippen LogP contribution in [0.25, 0.3) is 0 Å². The van der Waals surface area contributed by atoms with Gasteiger partial charge in [0, 0.05) is 12.7 Å². The fraction of sp³-hybridized carbons (Fsp3) is 0.571. The molecule has 1 amide bonds. The third kappa shape index (κ3) is 3.83. The highest BCUT2D eigenvalue weighted by Gasteiger charge is 2.21. The zero-order valence-electron chi connectivity index (χ0n) is 11.0. The van der Waals surface area contributed by atoms with E-state index in [1.807, 2.05) is 0 Å². The minimum absolute atomic E-state index is 0.135. The second kappa shape index (κ2) is 6.58. The van der Waals surface area contributed by atoms with Crippen LogP contribution in [0.5, 0.6) is 0 Å². The molecule has 1 N–H and O–H groups in total. The Morgan fingerprint density at radius 1 is 1.42 bits per heavy atom. The van der Waals surface area contributed by atoms with Gasteiger partial charge >= 0.3 is 0 Å². The van der Waals surface area contributed by atoms with Crippen molar-refractivity contribution in [1.82, 2.24) is 10.3 Å². The summed E-state index contributed by atoms with van der Waals surface area (Å²) < 4.78 is 0. The van der Waals surface area contributed by atoms with Gasteiger partial charge in [0.05, 0.1) is 10.6 Å². The van der Waals surface area contributed by atoms with Crippen LogP contribution in [0, 0.1) is 11.8 Å². The third-order valence-corrected chi connectivity index (χ3v) is 4.56. The van der Waals surface area contributed by atoms with E-state index < -0.39 is 0 Å². The standard InChI is InChI=1S/C14H18Cl2N2O/c1-9-4-2-3-5-10(9)7-18-14(19)11-6-12(15)13(16)17-8-11/h6,8-10H,2-5,7H2,1H3,(H,18,19). The molecule has 0 aromatic carbocycles. The van der Waals surface area contributed by atoms with Crippen LogP contribution < -0.4 is 5.32 Å². The summed E-state index contributed by atoms with van der Waals surface area (Å²) in [5.74, 6) is 1.12. The fourth-order valence-electron chi connectivity index (χ4n) is 2.57. The van der Waals surface area contributed by atoms with E-state index in [0.717, 1.165) is 6.54 Å². The van der Waals surface area contributed by atoms with Crippen LogP contribution >= 0.6 is 23.2 Å². The van der Waals surface area contributed by atoms with Crippen molar-refractivity contribution in [1.29, 1.82) is 0 Å². The summed E-state index contributed by atoms with van der Waals surface area (Å²) >= 11 is 11.6. The summed E-state index contributed by atoms with van der Waals surface area (Å²) in [5, 5.41) is 3.49. The van der Waals surface area contributed by atoms with E-state index in [9.17, 15) is 4.79 Å². The number of pyridine rings is 1. The molecular weight excluding hydrogens is 283 g/mol. The molecule has 2 unspecified atom stereocenters. The number of nitrogens with one attached hydrogen (secondary N) is 1. The number of aromatic nitrogens is 1. The lowest BCUT2D eigenvalue weighted by molar-refractivity contribution is 0.0936. The van der Waals surface area contributed by atoms with Crippen molar-refractivity contribution < 1.29 is 4.79 Å². The molecule has 1 aliphatic rings. The molecule has 19 heavy (non-hydrogen) atoms. The maximum Gasteiger partial charge on any atom is 0.252 e. The number of hydrogen-bond donors (Lipinski definition) is 1. The van der Waals surface area contributed by atoms with E-state index in [-0.39, 0.29) is 11.1 Å². The maximum absolute atomic E-state index is 12.0. The van der Waals surface area contributed by atoms with Crippen molar-refractivity contribution in [3.05, 3.63) is 28.0 Å². The first-order chi connectivity index (χ1) is 9.08. The van der Waals surface area contributed by atoms with Crippen LogP contribution in [0.3, 0.4) is 0 Å². The van der Waals surface area contributed by atoms with Crippen molar-refractivity contribution in [3.8, 4) is 0 Å². The molecule has 1 saturated carbocycles. The molecule has 1 aliphatic carbocycles. The molecule has 104 valence electrons. The van der Waals surface area contributed by atoms with Gasteiger partial charge in [-0.25, -0.2) is 4.98 Å². The molecule has 3 nitrogen and oxygen atoms in total. The monoisotopic (exact) mass is 300 g/mol. The average Bonchev–Trinajstić information content (AvgIpc) is 2.40. The zero-order chi connectivity index (χ0) is 13.8. The van der Waals surface area contributed by atoms with Gasteiger partial charge in [0.2, 0.25) is 0 Å². The number of carbonyl (C=O) groups is 1. The second-order valence-electron chi connectivity index (χ2n) is 5.23. The molecule has 0 saturated heterocycles. The van der Waals surface area contributed by atoms with Crippen LogP contribution in [0.2, 0.25) is 10.2 Å². The van der Waals surface area contributed by atoms with Gasteiger partial charge < -0.3 is 5.32 Å². The van der Waals surface area contributed by atoms with Crippen molar-refractivity contribution in [2.24, 2.45) is 11.8 Å². The first-order valence-electron chi connectivity index (χ1n) is 6.67. The van der Waals surface area contributed by atoms with E-state index in [2.05, 4.69) is 17.2 Å². The SMILES string of the molecule is CC1CCCCC1CNC(=O)c1cnc(Cl)c(Cl)c1. The van der Waals surface area contributed by atoms with Crippen molar-refractivity contribution in [3.63, 3.8) is 0 Å². The number of carbonyl (C=O) groups excluding carboxylic acids is 1. The third-order valence-electron chi connectivity index (χ3n) is 3.87. The number of halogens is 2. The fourth-order valence-corrected chi connectivity index (χ4v) is 2.84. The summed E-state index contributed by atoms with van der Waals surface area (Å²) in [6.07, 6.45) is 6.48. The molecule has 0 spiro atoms. The summed E-state index contributed by atoms with van der Waals surface area (Å²) in [6.45, 7) is 2.98. The number of hydrogen-bond acceptors (Lipinski definition) is 2. The predicted molar refractivity (Wildman–Crippen MR) is 77.7 cm³/mol. The van der Waals surface area contributed by atoms with Crippen molar-refractivity contribution in [2.75, 3.05) is 6.54 Å². The zero-order valence-corrected chi connectivity index (χ0v) is 12.5. The van der Waals surface area contributed by atoms with Gasteiger partial charge in [0.25, 0.3) is 5.91 Å². The van der Waals surface area contributed by atoms with Gasteiger partial charge in [-0.2, -0.15) is 0 Å². The van der Waals surface area contributed by atoms with Crippen molar-refractivity contribution in [2.45, 2.75) is 32.6 Å². The van der Waals surface area contributed by atoms with Gasteiger partial charge in [-0.1, -0.05) is 49.4 Å². The lowest BCUT2D eigenvalue weighted by Gasteiger charge is -2.28. The predicted octanol–water partition coefficient (Wildman–Crippen LogP) is 3.94. The number of nitrogens with zero attached hydrogens (tertiary/aromatic N) is 1. The Morgan fingerprint density at radius 2 is 2.16 bits per heavy atom. The van der Waals surface area contributed by atoms with E-state index >= 15 is 0 Å². The average molecular weight is 301 g/mol. The van der Waals surface area contributed by atoms with E-state index in [0.29, 0.717) is 22.4 Å². The molecule has 1 heterocycles. The summed E-state index contributed by atoms with van der Waals surface area (Å²) in [6, 6.07) is 1.55. The molecule has 2 atom stereocenters. The first-order valence-corrected chi connectivity index (χ1v) is 7.42. The molecule has 5 heteroatoms. The molecule has 0 aliphatic heterocycles. The Balaban J connectivity index is 1.91. The highest BCUT2D eigenvalue weighted by molar-refractivity contribution is 6.41. The normalized spacial score (nSPS) is 23.1. The van der Waals surface area contributed by atoms with Gasteiger partial charge in [-0.15, -0.1) is 0 Å². The van der Waals surface area contributed by atoms with Crippen LogP contribution in [0.15, 0.2) is 12.3 Å². The number of amides is 1. The van der Waals surface area contributed by atoms with Crippen LogP contribution in [-0.2, 0) is 0 Å². The molecular formula is C14H18Cl2N2O. The molecule has 2 rings (SSSR count). The molecule has 0 radical (unpaired) electrons. The Labute approximate surface area is 123 Å². The number of rotatable bonds is 3. The van der Waals surface area contributed by atoms with E-state index in [1.165, 1.54) is 31.9 Å². The lowest BCUT2D eigenvalue weighted by Crippen LogP contribution is -2.33. The van der Waals surface area contributed by atoms with Crippen LogP contribution in [-0.4, -0.2) is 17.4 Å². The van der Waals surface area contributed by atoms with E-state index in [1.54, 1.807) is 6.07 Å². The summed E-state index contributed by atoms with van der Waals surface area (Å²) in [4.78, 5) is 15.9. The largest absolute Gasteiger partial charge is 0.352 e. The summed E-state index contributed by atoms with van der Waals surface area (Å²) in [5.41, 5.74) is 0.456. The lowest BCUT2D eigenvalue weighted by atomic mass is 9.80. The minimum Gasteiger partial charge on any atom is -0.352 e. The highest BCUT2D eigenvalue weighted by atomic mass is 35.5. The molecule has 1 aromatic rings. The Kier molecular flexibility index (Phi) is 5.06. The second-order valence-corrected chi connectivity index (χ2v) is 5.99. The van der Waals surface area contributed by atoms with Crippen molar-refractivity contribution >= 4 is 29.1 Å². The molecule has 0 bridgehead atoms. The topological polar surface area (TPSA) is 42.0 Å². The quantitative estimate of drug-likeness (QED) is 0.859. The Bertz CT molecular complexity index is 465. The maximum atomic E-state index is 12.0. The first kappa shape index (κ1) is 14.6. The highest BCUT2D eigenvalue weighted by Crippen LogP contribution is 2.29. The van der Waals surface area contributed by atoms with Gasteiger partial charge in [0.1, 0.15) is 5.15 Å². The molecule has 1 aromatic heterocycles. The van der Waals surface area contributed by atoms with Crippen LogP contribution in [0.4, 0.5) is 0 Å². The minimum atomic E-state index is -0.135. The molecule has 1 fully saturated rings. The van der Waals surface area contributed by atoms with Gasteiger partial charge in [0.15, 0.2) is 0 Å². The van der Waals surface area contributed by atoms with E-state index in [4.69, 9.17) is 23.2 Å². The summed E-state index contributed by atoms with van der Waals surface area (Å²) in [7, 11) is 0. The Morgan fingerprint density at radius 3 is 2.84 bits per heavy atom.